The molecule has 76 valence electrons. The summed E-state index contributed by atoms with van der Waals surface area (Å²) in [5, 5.41) is 8.68. The van der Waals surface area contributed by atoms with E-state index < -0.39 is 11.8 Å². The monoisotopic (exact) mass is 197 g/mol. The summed E-state index contributed by atoms with van der Waals surface area (Å²) in [4.78, 5) is 10.6. The number of rotatable bonds is 3. The molecule has 1 atom stereocenters. The van der Waals surface area contributed by atoms with Gasteiger partial charge in [0.15, 0.2) is 0 Å². The second kappa shape index (κ2) is 4.19. The van der Waals surface area contributed by atoms with E-state index in [1.807, 2.05) is 6.92 Å². The molecule has 0 fully saturated rings. The lowest BCUT2D eigenvalue weighted by molar-refractivity contribution is 0.0696. The smallest absolute Gasteiger partial charge is 0.335 e. The largest absolute Gasteiger partial charge is 0.478 e. The van der Waals surface area contributed by atoms with Gasteiger partial charge in [-0.3, -0.25) is 0 Å². The van der Waals surface area contributed by atoms with Gasteiger partial charge < -0.3 is 10.8 Å². The van der Waals surface area contributed by atoms with Gasteiger partial charge in [-0.25, -0.2) is 9.18 Å². The van der Waals surface area contributed by atoms with Crippen molar-refractivity contribution in [2.75, 3.05) is 0 Å². The van der Waals surface area contributed by atoms with E-state index in [0.29, 0.717) is 12.0 Å². The fraction of sp³-hybridized carbons (Fsp3) is 0.300. The third-order valence-electron chi connectivity index (χ3n) is 2.04. The molecule has 0 aliphatic carbocycles. The fourth-order valence-electron chi connectivity index (χ4n) is 1.19. The van der Waals surface area contributed by atoms with Crippen LogP contribution in [0.2, 0.25) is 0 Å². The first-order valence-corrected chi connectivity index (χ1v) is 4.34. The SMILES string of the molecule is CC[C@H](N)c1cc(F)cc(C(=O)O)c1. The summed E-state index contributed by atoms with van der Waals surface area (Å²) in [7, 11) is 0. The van der Waals surface area contributed by atoms with Gasteiger partial charge in [0.25, 0.3) is 0 Å². The summed E-state index contributed by atoms with van der Waals surface area (Å²) in [6.07, 6.45) is 0.641. The Morgan fingerprint density at radius 1 is 1.57 bits per heavy atom. The topological polar surface area (TPSA) is 63.3 Å². The number of hydrogen-bond donors (Lipinski definition) is 2. The van der Waals surface area contributed by atoms with Crippen molar-refractivity contribution >= 4 is 5.97 Å². The van der Waals surface area contributed by atoms with Gasteiger partial charge in [0, 0.05) is 6.04 Å². The number of hydrogen-bond acceptors (Lipinski definition) is 2. The first-order chi connectivity index (χ1) is 6.54. The Kier molecular flexibility index (Phi) is 3.19. The summed E-state index contributed by atoms with van der Waals surface area (Å²) in [6.45, 7) is 1.86. The number of carboxylic acid groups (broad SMARTS) is 1. The van der Waals surface area contributed by atoms with Crippen LogP contribution in [0.4, 0.5) is 4.39 Å². The Morgan fingerprint density at radius 2 is 2.21 bits per heavy atom. The highest BCUT2D eigenvalue weighted by atomic mass is 19.1. The predicted octanol–water partition coefficient (Wildman–Crippen LogP) is 1.93. The molecule has 1 rings (SSSR count). The molecule has 3 nitrogen and oxygen atoms in total. The lowest BCUT2D eigenvalue weighted by Gasteiger charge is -2.09. The van der Waals surface area contributed by atoms with Crippen molar-refractivity contribution in [2.24, 2.45) is 5.73 Å². The summed E-state index contributed by atoms with van der Waals surface area (Å²) < 4.78 is 13.0. The number of aromatic carboxylic acids is 1. The lowest BCUT2D eigenvalue weighted by atomic mass is 10.0. The van der Waals surface area contributed by atoms with Gasteiger partial charge in [-0.15, -0.1) is 0 Å². The number of benzene rings is 1. The van der Waals surface area contributed by atoms with Gasteiger partial charge >= 0.3 is 5.97 Å². The van der Waals surface area contributed by atoms with Gasteiger partial charge in [0.1, 0.15) is 5.82 Å². The third-order valence-corrected chi connectivity index (χ3v) is 2.04. The average Bonchev–Trinajstić information content (AvgIpc) is 2.15. The molecule has 0 spiro atoms. The molecule has 1 aromatic carbocycles. The number of carboxylic acids is 1. The predicted molar refractivity (Wildman–Crippen MR) is 50.6 cm³/mol. The van der Waals surface area contributed by atoms with Crippen molar-refractivity contribution in [1.82, 2.24) is 0 Å². The average molecular weight is 197 g/mol. The molecule has 0 saturated heterocycles. The van der Waals surface area contributed by atoms with E-state index in [9.17, 15) is 9.18 Å². The van der Waals surface area contributed by atoms with Crippen molar-refractivity contribution in [3.05, 3.63) is 35.1 Å². The fourth-order valence-corrected chi connectivity index (χ4v) is 1.19. The molecule has 0 aromatic heterocycles. The lowest BCUT2D eigenvalue weighted by Crippen LogP contribution is -2.10. The normalized spacial score (nSPS) is 12.5. The zero-order chi connectivity index (χ0) is 10.7. The molecule has 0 amide bonds. The first kappa shape index (κ1) is 10.7. The van der Waals surface area contributed by atoms with Gasteiger partial charge in [-0.2, -0.15) is 0 Å². The van der Waals surface area contributed by atoms with Crippen LogP contribution >= 0.6 is 0 Å². The van der Waals surface area contributed by atoms with E-state index in [1.165, 1.54) is 12.1 Å². The van der Waals surface area contributed by atoms with Crippen LogP contribution in [0.5, 0.6) is 0 Å². The maximum atomic E-state index is 13.0. The number of halogens is 1. The molecule has 0 heterocycles. The molecule has 0 aliphatic rings. The first-order valence-electron chi connectivity index (χ1n) is 4.34. The van der Waals surface area contributed by atoms with Gasteiger partial charge in [0.05, 0.1) is 5.56 Å². The Bertz CT molecular complexity index is 352. The zero-order valence-corrected chi connectivity index (χ0v) is 7.83. The van der Waals surface area contributed by atoms with E-state index >= 15 is 0 Å². The second-order valence-electron chi connectivity index (χ2n) is 3.09. The molecule has 3 N–H and O–H groups in total. The minimum absolute atomic E-state index is 0.0658. The van der Waals surface area contributed by atoms with Crippen molar-refractivity contribution in [2.45, 2.75) is 19.4 Å². The summed E-state index contributed by atoms with van der Waals surface area (Å²) in [6, 6.07) is 3.33. The van der Waals surface area contributed by atoms with E-state index in [2.05, 4.69) is 0 Å². The van der Waals surface area contributed by atoms with Crippen LogP contribution in [0.3, 0.4) is 0 Å². The van der Waals surface area contributed by atoms with Gasteiger partial charge in [0.2, 0.25) is 0 Å². The Labute approximate surface area is 81.4 Å². The van der Waals surface area contributed by atoms with Crippen LogP contribution < -0.4 is 5.73 Å². The van der Waals surface area contributed by atoms with Crippen LogP contribution in [0.1, 0.15) is 35.3 Å². The molecule has 0 bridgehead atoms. The van der Waals surface area contributed by atoms with E-state index in [4.69, 9.17) is 10.8 Å². The Balaban J connectivity index is 3.13. The highest BCUT2D eigenvalue weighted by Gasteiger charge is 2.10. The standard InChI is InChI=1S/C10H12FNO2/c1-2-9(12)6-3-7(10(13)14)5-8(11)4-6/h3-5,9H,2,12H2,1H3,(H,13,14)/t9-/m0/s1. The van der Waals surface area contributed by atoms with E-state index in [0.717, 1.165) is 6.07 Å². The van der Waals surface area contributed by atoms with Crippen molar-refractivity contribution < 1.29 is 14.3 Å². The maximum Gasteiger partial charge on any atom is 0.335 e. The number of nitrogens with two attached hydrogens (primary N) is 1. The number of carbonyl (C=O) groups is 1. The van der Waals surface area contributed by atoms with Gasteiger partial charge in [-0.05, 0) is 30.2 Å². The molecule has 4 heteroatoms. The molecular formula is C10H12FNO2. The maximum absolute atomic E-state index is 13.0. The summed E-state index contributed by atoms with van der Waals surface area (Å²) >= 11 is 0. The van der Waals surface area contributed by atoms with Crippen LogP contribution in [0.25, 0.3) is 0 Å². The minimum Gasteiger partial charge on any atom is -0.478 e. The zero-order valence-electron chi connectivity index (χ0n) is 7.83. The Morgan fingerprint density at radius 3 is 2.71 bits per heavy atom. The molecule has 0 aliphatic heterocycles. The molecule has 0 unspecified atom stereocenters. The van der Waals surface area contributed by atoms with Crippen LogP contribution in [0, 0.1) is 5.82 Å². The van der Waals surface area contributed by atoms with Crippen LogP contribution in [-0.2, 0) is 0 Å². The third kappa shape index (κ3) is 2.29. The molecular weight excluding hydrogens is 185 g/mol. The highest BCUT2D eigenvalue weighted by molar-refractivity contribution is 5.87. The minimum atomic E-state index is -1.14. The molecule has 0 saturated carbocycles. The second-order valence-corrected chi connectivity index (χ2v) is 3.09. The molecule has 14 heavy (non-hydrogen) atoms. The van der Waals surface area contributed by atoms with Crippen molar-refractivity contribution in [3.8, 4) is 0 Å². The Hall–Kier alpha value is -1.42. The van der Waals surface area contributed by atoms with Crippen molar-refractivity contribution in [3.63, 3.8) is 0 Å². The van der Waals surface area contributed by atoms with E-state index in [-0.39, 0.29) is 11.6 Å². The highest BCUT2D eigenvalue weighted by Crippen LogP contribution is 2.17. The summed E-state index contributed by atoms with van der Waals surface area (Å²) in [5.41, 5.74) is 6.13. The van der Waals surface area contributed by atoms with Crippen molar-refractivity contribution in [1.29, 1.82) is 0 Å². The van der Waals surface area contributed by atoms with Crippen LogP contribution in [-0.4, -0.2) is 11.1 Å². The molecule has 0 radical (unpaired) electrons. The quantitative estimate of drug-likeness (QED) is 0.778. The van der Waals surface area contributed by atoms with Gasteiger partial charge in [-0.1, -0.05) is 6.92 Å². The van der Waals surface area contributed by atoms with E-state index in [1.54, 1.807) is 0 Å². The molecule has 1 aromatic rings. The summed E-state index contributed by atoms with van der Waals surface area (Å²) in [5.74, 6) is -1.71. The van der Waals surface area contributed by atoms with Crippen LogP contribution in [0.15, 0.2) is 18.2 Å².